The first-order valence-electron chi connectivity index (χ1n) is 4.71. The van der Waals surface area contributed by atoms with Crippen molar-refractivity contribution in [3.63, 3.8) is 0 Å². The molecule has 15 heavy (non-hydrogen) atoms. The standard InChI is InChI=1S/C9H12N4O2/c1-13-5-6(4-8(13)14)9(15)11-7-2-3-10-12-7/h2-3,6H,4-5H2,1H3,(H2,10,11,12,15). The van der Waals surface area contributed by atoms with Crippen LogP contribution in [-0.2, 0) is 9.59 Å². The van der Waals surface area contributed by atoms with E-state index in [1.54, 1.807) is 24.2 Å². The SMILES string of the molecule is CN1CC(C(=O)Nc2ccn[nH]2)CC1=O. The number of nitrogens with zero attached hydrogens (tertiary/aromatic N) is 2. The van der Waals surface area contributed by atoms with Crippen molar-refractivity contribution in [2.45, 2.75) is 6.42 Å². The van der Waals surface area contributed by atoms with E-state index in [1.807, 2.05) is 0 Å². The van der Waals surface area contributed by atoms with E-state index in [0.717, 1.165) is 0 Å². The summed E-state index contributed by atoms with van der Waals surface area (Å²) in [6.45, 7) is 0.485. The van der Waals surface area contributed by atoms with Gasteiger partial charge in [-0.05, 0) is 0 Å². The number of nitrogens with one attached hydrogen (secondary N) is 2. The Balaban J connectivity index is 1.95. The number of carbonyl (C=O) groups is 2. The van der Waals surface area contributed by atoms with Crippen LogP contribution in [0.4, 0.5) is 5.82 Å². The Morgan fingerprint density at radius 2 is 2.53 bits per heavy atom. The first-order chi connectivity index (χ1) is 7.16. The summed E-state index contributed by atoms with van der Waals surface area (Å²) in [5.41, 5.74) is 0. The number of aromatic amines is 1. The van der Waals surface area contributed by atoms with Gasteiger partial charge in [-0.1, -0.05) is 0 Å². The average Bonchev–Trinajstić information content (AvgIpc) is 2.78. The van der Waals surface area contributed by atoms with E-state index >= 15 is 0 Å². The van der Waals surface area contributed by atoms with Gasteiger partial charge in [0, 0.05) is 26.1 Å². The second kappa shape index (κ2) is 3.72. The zero-order valence-corrected chi connectivity index (χ0v) is 8.36. The summed E-state index contributed by atoms with van der Waals surface area (Å²) in [5, 5.41) is 9.02. The van der Waals surface area contributed by atoms with Crippen LogP contribution in [-0.4, -0.2) is 40.5 Å². The van der Waals surface area contributed by atoms with Gasteiger partial charge in [-0.15, -0.1) is 0 Å². The second-order valence-corrected chi connectivity index (χ2v) is 3.63. The summed E-state index contributed by atoms with van der Waals surface area (Å²) in [6, 6.07) is 1.67. The molecule has 0 spiro atoms. The molecule has 1 aromatic heterocycles. The molecule has 0 saturated carbocycles. The minimum absolute atomic E-state index is 0.0137. The first kappa shape index (κ1) is 9.70. The van der Waals surface area contributed by atoms with Crippen LogP contribution in [0.2, 0.25) is 0 Å². The largest absolute Gasteiger partial charge is 0.345 e. The molecule has 0 aliphatic carbocycles. The lowest BCUT2D eigenvalue weighted by atomic mass is 10.1. The van der Waals surface area contributed by atoms with Crippen LogP contribution in [0.15, 0.2) is 12.3 Å². The van der Waals surface area contributed by atoms with Crippen LogP contribution in [0, 0.1) is 5.92 Å². The molecule has 80 valence electrons. The van der Waals surface area contributed by atoms with Crippen molar-refractivity contribution >= 4 is 17.6 Å². The fourth-order valence-corrected chi connectivity index (χ4v) is 1.60. The Labute approximate surface area is 86.6 Å². The summed E-state index contributed by atoms with van der Waals surface area (Å²) in [4.78, 5) is 24.4. The van der Waals surface area contributed by atoms with E-state index in [1.165, 1.54) is 0 Å². The molecule has 6 heteroatoms. The molecule has 1 fully saturated rings. The smallest absolute Gasteiger partial charge is 0.230 e. The van der Waals surface area contributed by atoms with Crippen molar-refractivity contribution in [3.8, 4) is 0 Å². The van der Waals surface area contributed by atoms with Crippen molar-refractivity contribution in [1.82, 2.24) is 15.1 Å². The molecule has 0 aromatic carbocycles. The van der Waals surface area contributed by atoms with E-state index in [9.17, 15) is 9.59 Å². The molecule has 1 aromatic rings. The topological polar surface area (TPSA) is 78.1 Å². The maximum atomic E-state index is 11.7. The molecule has 0 radical (unpaired) electrons. The van der Waals surface area contributed by atoms with Crippen LogP contribution in [0.3, 0.4) is 0 Å². The molecule has 2 N–H and O–H groups in total. The fourth-order valence-electron chi connectivity index (χ4n) is 1.60. The van der Waals surface area contributed by atoms with Gasteiger partial charge in [0.25, 0.3) is 0 Å². The monoisotopic (exact) mass is 208 g/mol. The molecule has 0 bridgehead atoms. The zero-order valence-electron chi connectivity index (χ0n) is 8.36. The Morgan fingerprint density at radius 3 is 3.07 bits per heavy atom. The number of hydrogen-bond acceptors (Lipinski definition) is 3. The molecule has 1 atom stereocenters. The Kier molecular flexibility index (Phi) is 2.40. The van der Waals surface area contributed by atoms with Crippen LogP contribution in [0.1, 0.15) is 6.42 Å². The lowest BCUT2D eigenvalue weighted by Gasteiger charge is -2.09. The Morgan fingerprint density at radius 1 is 1.73 bits per heavy atom. The van der Waals surface area contributed by atoms with Crippen LogP contribution in [0.25, 0.3) is 0 Å². The fraction of sp³-hybridized carbons (Fsp3) is 0.444. The summed E-state index contributed by atoms with van der Waals surface area (Å²) in [5.74, 6) is 0.171. The van der Waals surface area contributed by atoms with Crippen LogP contribution < -0.4 is 5.32 Å². The third-order valence-electron chi connectivity index (χ3n) is 2.47. The van der Waals surface area contributed by atoms with Crippen LogP contribution in [0.5, 0.6) is 0 Å². The van der Waals surface area contributed by atoms with Gasteiger partial charge < -0.3 is 10.2 Å². The number of anilines is 1. The Bertz CT molecular complexity index is 373. The normalized spacial score (nSPS) is 20.7. The van der Waals surface area contributed by atoms with Crippen molar-refractivity contribution < 1.29 is 9.59 Å². The van der Waals surface area contributed by atoms with Gasteiger partial charge in [0.2, 0.25) is 11.8 Å². The number of hydrogen-bond donors (Lipinski definition) is 2. The van der Waals surface area contributed by atoms with E-state index in [-0.39, 0.29) is 24.2 Å². The zero-order chi connectivity index (χ0) is 10.8. The summed E-state index contributed by atoms with van der Waals surface area (Å²) in [7, 11) is 1.70. The molecular formula is C9H12N4O2. The molecule has 1 unspecified atom stereocenters. The van der Waals surface area contributed by atoms with Gasteiger partial charge >= 0.3 is 0 Å². The lowest BCUT2D eigenvalue weighted by Crippen LogP contribution is -2.25. The number of likely N-dealkylation sites (tertiary alicyclic amines) is 1. The van der Waals surface area contributed by atoms with Gasteiger partial charge in [0.1, 0.15) is 5.82 Å². The quantitative estimate of drug-likeness (QED) is 0.708. The van der Waals surface area contributed by atoms with Gasteiger partial charge in [-0.3, -0.25) is 14.7 Å². The highest BCUT2D eigenvalue weighted by atomic mass is 16.2. The maximum Gasteiger partial charge on any atom is 0.230 e. The first-order valence-corrected chi connectivity index (χ1v) is 4.71. The third-order valence-corrected chi connectivity index (χ3v) is 2.47. The summed E-state index contributed by atoms with van der Waals surface area (Å²) in [6.07, 6.45) is 1.85. The molecular weight excluding hydrogens is 196 g/mol. The molecule has 2 amide bonds. The number of carbonyl (C=O) groups excluding carboxylic acids is 2. The average molecular weight is 208 g/mol. The number of aromatic nitrogens is 2. The van der Waals surface area contributed by atoms with Crippen molar-refractivity contribution in [3.05, 3.63) is 12.3 Å². The predicted octanol–water partition coefficient (Wildman–Crippen LogP) is -0.174. The summed E-state index contributed by atoms with van der Waals surface area (Å²) < 4.78 is 0. The number of amides is 2. The van der Waals surface area contributed by atoms with E-state index in [4.69, 9.17) is 0 Å². The molecule has 2 rings (SSSR count). The van der Waals surface area contributed by atoms with Crippen LogP contribution >= 0.6 is 0 Å². The molecule has 6 nitrogen and oxygen atoms in total. The van der Waals surface area contributed by atoms with Gasteiger partial charge in [0.15, 0.2) is 0 Å². The molecule has 1 aliphatic rings. The predicted molar refractivity (Wildman–Crippen MR) is 53.0 cm³/mol. The minimum Gasteiger partial charge on any atom is -0.345 e. The van der Waals surface area contributed by atoms with Gasteiger partial charge in [-0.2, -0.15) is 5.10 Å². The van der Waals surface area contributed by atoms with Crippen molar-refractivity contribution in [2.75, 3.05) is 18.9 Å². The number of H-pyrrole nitrogens is 1. The van der Waals surface area contributed by atoms with Crippen molar-refractivity contribution in [2.24, 2.45) is 5.92 Å². The Hall–Kier alpha value is -1.85. The maximum absolute atomic E-state index is 11.7. The highest BCUT2D eigenvalue weighted by Crippen LogP contribution is 2.17. The van der Waals surface area contributed by atoms with Gasteiger partial charge in [0.05, 0.1) is 12.1 Å². The lowest BCUT2D eigenvalue weighted by molar-refractivity contribution is -0.127. The number of rotatable bonds is 2. The third kappa shape index (κ3) is 1.98. The summed E-state index contributed by atoms with van der Waals surface area (Å²) >= 11 is 0. The van der Waals surface area contributed by atoms with Crippen molar-refractivity contribution in [1.29, 1.82) is 0 Å². The minimum atomic E-state index is -0.259. The van der Waals surface area contributed by atoms with Gasteiger partial charge in [-0.25, -0.2) is 0 Å². The van der Waals surface area contributed by atoms with E-state index in [2.05, 4.69) is 15.5 Å². The molecule has 2 heterocycles. The second-order valence-electron chi connectivity index (χ2n) is 3.63. The van der Waals surface area contributed by atoms with E-state index < -0.39 is 0 Å². The van der Waals surface area contributed by atoms with E-state index in [0.29, 0.717) is 12.4 Å². The highest BCUT2D eigenvalue weighted by molar-refractivity contribution is 5.96. The molecule has 1 saturated heterocycles. The molecule has 1 aliphatic heterocycles. The highest BCUT2D eigenvalue weighted by Gasteiger charge is 2.32.